The molecule has 2 heterocycles. The molecule has 0 bridgehead atoms. The summed E-state index contributed by atoms with van der Waals surface area (Å²) in [6.07, 6.45) is 1.40. The van der Waals surface area contributed by atoms with Gasteiger partial charge in [0.1, 0.15) is 16.4 Å². The van der Waals surface area contributed by atoms with Crippen LogP contribution in [0.2, 0.25) is 0 Å². The van der Waals surface area contributed by atoms with E-state index in [1.54, 1.807) is 11.4 Å². The third kappa shape index (κ3) is 1.73. The lowest BCUT2D eigenvalue weighted by Gasteiger charge is -1.97. The van der Waals surface area contributed by atoms with E-state index in [1.807, 2.05) is 6.07 Å². The van der Waals surface area contributed by atoms with Crippen molar-refractivity contribution in [2.45, 2.75) is 6.92 Å². The maximum atomic E-state index is 5.78. The summed E-state index contributed by atoms with van der Waals surface area (Å²) in [6, 6.07) is 1.84. The number of hydrogen-bond acceptors (Lipinski definition) is 3. The molecule has 0 fully saturated rings. The Balaban J connectivity index is 2.71. The van der Waals surface area contributed by atoms with Crippen molar-refractivity contribution < 1.29 is 0 Å². The maximum absolute atomic E-state index is 5.78. The quantitative estimate of drug-likeness (QED) is 0.740. The second-order valence-corrected chi connectivity index (χ2v) is 3.72. The van der Waals surface area contributed by atoms with E-state index < -0.39 is 0 Å². The van der Waals surface area contributed by atoms with Gasteiger partial charge in [0, 0.05) is 0 Å². The summed E-state index contributed by atoms with van der Waals surface area (Å²) in [6.45, 7) is 1.74. The number of anilines is 1. The van der Waals surface area contributed by atoms with Crippen molar-refractivity contribution in [3.05, 3.63) is 22.6 Å². The van der Waals surface area contributed by atoms with Crippen LogP contribution in [0.5, 0.6) is 0 Å². The van der Waals surface area contributed by atoms with Gasteiger partial charge in [0.25, 0.3) is 0 Å². The fourth-order valence-electron chi connectivity index (χ4n) is 1.29. The first kappa shape index (κ1) is 10.5. The highest BCUT2D eigenvalue weighted by Gasteiger charge is 2.09. The zero-order chi connectivity index (χ0) is 11.5. The minimum absolute atomic E-state index is 0.398. The smallest absolute Gasteiger partial charge is 0.152 e. The molecule has 2 aromatic rings. The van der Waals surface area contributed by atoms with Crippen LogP contribution in [0.3, 0.4) is 0 Å². The maximum Gasteiger partial charge on any atom is 0.152 e. The molecule has 2 rings (SSSR count). The molecule has 0 spiro atoms. The molecule has 0 atom stereocenters. The van der Waals surface area contributed by atoms with Crippen LogP contribution < -0.4 is 5.73 Å². The number of aromatic nitrogens is 3. The summed E-state index contributed by atoms with van der Waals surface area (Å²) in [5.74, 6) is 11.4. The van der Waals surface area contributed by atoms with Gasteiger partial charge in [-0.05, 0) is 40.8 Å². The predicted molar refractivity (Wildman–Crippen MR) is 65.4 cm³/mol. The van der Waals surface area contributed by atoms with Crippen molar-refractivity contribution in [2.24, 2.45) is 0 Å². The molecule has 0 saturated heterocycles. The van der Waals surface area contributed by atoms with E-state index in [-0.39, 0.29) is 0 Å². The normalized spacial score (nSPS) is 9.12. The van der Waals surface area contributed by atoms with Gasteiger partial charge in [0.15, 0.2) is 5.82 Å². The van der Waals surface area contributed by atoms with Gasteiger partial charge in [-0.25, -0.2) is 9.50 Å². The van der Waals surface area contributed by atoms with Crippen LogP contribution >= 0.6 is 15.9 Å². The lowest BCUT2D eigenvalue weighted by molar-refractivity contribution is 0.889. The standard InChI is InChI=1S/C11H7BrN4/c1-2-3-4-5-8-6-9(12)16-10(8)11(13)14-7-15-16/h6-7H,1H3,(H2,13,14,15). The first-order valence-corrected chi connectivity index (χ1v) is 5.24. The molecule has 2 aromatic heterocycles. The molecule has 0 unspecified atom stereocenters. The molecule has 0 saturated carbocycles. The average molecular weight is 275 g/mol. The van der Waals surface area contributed by atoms with Gasteiger partial charge >= 0.3 is 0 Å². The van der Waals surface area contributed by atoms with Crippen LogP contribution in [-0.2, 0) is 0 Å². The van der Waals surface area contributed by atoms with Gasteiger partial charge in [-0.1, -0.05) is 11.8 Å². The van der Waals surface area contributed by atoms with Crippen LogP contribution in [-0.4, -0.2) is 14.6 Å². The summed E-state index contributed by atoms with van der Waals surface area (Å²) in [5, 5.41) is 4.07. The number of hydrogen-bond donors (Lipinski definition) is 1. The third-order valence-electron chi connectivity index (χ3n) is 1.92. The van der Waals surface area contributed by atoms with Crippen LogP contribution in [0.25, 0.3) is 5.52 Å². The van der Waals surface area contributed by atoms with Crippen molar-refractivity contribution in [1.29, 1.82) is 0 Å². The second-order valence-electron chi connectivity index (χ2n) is 2.91. The Morgan fingerprint density at radius 2 is 2.25 bits per heavy atom. The highest BCUT2D eigenvalue weighted by Crippen LogP contribution is 2.22. The van der Waals surface area contributed by atoms with Crippen molar-refractivity contribution in [3.8, 4) is 23.7 Å². The van der Waals surface area contributed by atoms with Crippen molar-refractivity contribution in [3.63, 3.8) is 0 Å². The Hall–Kier alpha value is -1.98. The molecule has 2 N–H and O–H groups in total. The largest absolute Gasteiger partial charge is 0.382 e. The highest BCUT2D eigenvalue weighted by molar-refractivity contribution is 9.10. The van der Waals surface area contributed by atoms with Gasteiger partial charge in [0.2, 0.25) is 0 Å². The lowest BCUT2D eigenvalue weighted by Crippen LogP contribution is -1.99. The number of nitrogens with zero attached hydrogens (tertiary/aromatic N) is 3. The Morgan fingerprint density at radius 3 is 3.00 bits per heavy atom. The van der Waals surface area contributed by atoms with Gasteiger partial charge in [0.05, 0.1) is 5.56 Å². The molecule has 0 aliphatic heterocycles. The molecule has 0 aromatic carbocycles. The van der Waals surface area contributed by atoms with E-state index in [2.05, 4.69) is 49.7 Å². The molecule has 4 nitrogen and oxygen atoms in total. The summed E-state index contributed by atoms with van der Waals surface area (Å²) in [4.78, 5) is 3.93. The topological polar surface area (TPSA) is 56.2 Å². The fourth-order valence-corrected chi connectivity index (χ4v) is 1.78. The van der Waals surface area contributed by atoms with E-state index in [4.69, 9.17) is 5.73 Å². The minimum atomic E-state index is 0.398. The summed E-state index contributed by atoms with van der Waals surface area (Å²) >= 11 is 3.37. The van der Waals surface area contributed by atoms with Gasteiger partial charge in [-0.2, -0.15) is 5.10 Å². The van der Waals surface area contributed by atoms with Crippen LogP contribution in [0, 0.1) is 23.7 Å². The molecule has 0 amide bonds. The Kier molecular flexibility index (Phi) is 2.80. The average Bonchev–Trinajstić information content (AvgIpc) is 2.58. The Bertz CT molecular complexity index is 664. The van der Waals surface area contributed by atoms with Crippen molar-refractivity contribution >= 4 is 27.3 Å². The van der Waals surface area contributed by atoms with E-state index >= 15 is 0 Å². The second kappa shape index (κ2) is 4.26. The fraction of sp³-hybridized carbons (Fsp3) is 0.0909. The molecular weight excluding hydrogens is 268 g/mol. The van der Waals surface area contributed by atoms with Crippen molar-refractivity contribution in [1.82, 2.24) is 14.6 Å². The number of halogens is 1. The molecule has 0 radical (unpaired) electrons. The summed E-state index contributed by atoms with van der Waals surface area (Å²) in [7, 11) is 0. The van der Waals surface area contributed by atoms with E-state index in [9.17, 15) is 0 Å². The lowest BCUT2D eigenvalue weighted by atomic mass is 10.3. The van der Waals surface area contributed by atoms with E-state index in [0.29, 0.717) is 11.3 Å². The van der Waals surface area contributed by atoms with E-state index in [0.717, 1.165) is 10.2 Å². The number of fused-ring (bicyclic) bond motifs is 1. The van der Waals surface area contributed by atoms with Gasteiger partial charge < -0.3 is 5.73 Å². The number of rotatable bonds is 0. The predicted octanol–water partition coefficient (Wildman–Crippen LogP) is 1.45. The molecular formula is C11H7BrN4. The SMILES string of the molecule is CC#CC#Cc1cc(Br)n2ncnc(N)c12. The van der Waals surface area contributed by atoms with Gasteiger partial charge in [-0.15, -0.1) is 0 Å². The highest BCUT2D eigenvalue weighted by atomic mass is 79.9. The zero-order valence-corrected chi connectivity index (χ0v) is 10.0. The molecule has 16 heavy (non-hydrogen) atoms. The first-order chi connectivity index (χ1) is 7.74. The summed E-state index contributed by atoms with van der Waals surface area (Å²) in [5.41, 5.74) is 7.23. The van der Waals surface area contributed by atoms with Gasteiger partial charge in [-0.3, -0.25) is 0 Å². The van der Waals surface area contributed by atoms with Crippen LogP contribution in [0.1, 0.15) is 12.5 Å². The minimum Gasteiger partial charge on any atom is -0.382 e. The van der Waals surface area contributed by atoms with Crippen molar-refractivity contribution in [2.75, 3.05) is 5.73 Å². The third-order valence-corrected chi connectivity index (χ3v) is 2.49. The van der Waals surface area contributed by atoms with Crippen LogP contribution in [0.4, 0.5) is 5.82 Å². The zero-order valence-electron chi connectivity index (χ0n) is 8.45. The summed E-state index contributed by atoms with van der Waals surface area (Å²) < 4.78 is 2.43. The Labute approximate surface area is 101 Å². The Morgan fingerprint density at radius 1 is 1.44 bits per heavy atom. The molecule has 0 aliphatic rings. The monoisotopic (exact) mass is 274 g/mol. The van der Waals surface area contributed by atoms with Crippen LogP contribution in [0.15, 0.2) is 17.0 Å². The molecule has 78 valence electrons. The number of nitrogen functional groups attached to an aromatic ring is 1. The molecule has 0 aliphatic carbocycles. The first-order valence-electron chi connectivity index (χ1n) is 4.44. The number of nitrogens with two attached hydrogens (primary N) is 1. The molecule has 5 heteroatoms. The van der Waals surface area contributed by atoms with E-state index in [1.165, 1.54) is 6.33 Å².